The van der Waals surface area contributed by atoms with Crippen LogP contribution in [0.5, 0.6) is 0 Å². The number of halogens is 3. The molecule has 12 heteroatoms. The Kier molecular flexibility index (Phi) is 8.07. The molecule has 0 bridgehead atoms. The van der Waals surface area contributed by atoms with Crippen LogP contribution in [0, 0.1) is 5.92 Å². The molecule has 0 aliphatic carbocycles. The van der Waals surface area contributed by atoms with Crippen molar-refractivity contribution < 1.29 is 32.0 Å². The summed E-state index contributed by atoms with van der Waals surface area (Å²) in [5.41, 5.74) is -0.555. The Balaban J connectivity index is 1.40. The number of urea groups is 1. The molecule has 9 nitrogen and oxygen atoms in total. The van der Waals surface area contributed by atoms with Crippen LogP contribution in [0.15, 0.2) is 59.3 Å². The number of amides is 3. The zero-order valence-electron chi connectivity index (χ0n) is 20.2. The minimum Gasteiger partial charge on any atom is -0.326 e. The number of anilines is 3. The lowest BCUT2D eigenvalue weighted by Gasteiger charge is -2.26. The Morgan fingerprint density at radius 3 is 2.54 bits per heavy atom. The van der Waals surface area contributed by atoms with Crippen molar-refractivity contribution in [3.63, 3.8) is 0 Å². The highest BCUT2D eigenvalue weighted by Crippen LogP contribution is 2.33. The maximum atomic E-state index is 13.5. The molecule has 0 saturated carbocycles. The van der Waals surface area contributed by atoms with Crippen LogP contribution in [0.2, 0.25) is 0 Å². The number of likely N-dealkylation sites (tertiary alicyclic amines) is 1. The summed E-state index contributed by atoms with van der Waals surface area (Å²) >= 11 is 0. The normalized spacial score (nSPS) is 16.3. The van der Waals surface area contributed by atoms with Crippen LogP contribution in [-0.2, 0) is 23.9 Å². The molecule has 196 valence electrons. The zero-order chi connectivity index (χ0) is 26.4. The van der Waals surface area contributed by atoms with Gasteiger partial charge in [0.05, 0.1) is 12.0 Å². The number of piperidine rings is 1. The maximum Gasteiger partial charge on any atom is 0.416 e. The number of benzene rings is 2. The van der Waals surface area contributed by atoms with Gasteiger partial charge in [-0.3, -0.25) is 14.6 Å². The average molecular weight is 518 g/mol. The SMILES string of the molecule is CN1CCCC(C[n+]2cc(NC(=O)Nc3cc(NC(=O)Cc4ccccc4)cc(C(F)(F)F)c3)on2)C1. The summed E-state index contributed by atoms with van der Waals surface area (Å²) in [5, 5.41) is 11.2. The third kappa shape index (κ3) is 7.78. The van der Waals surface area contributed by atoms with Gasteiger partial charge in [0.25, 0.3) is 6.20 Å². The highest BCUT2D eigenvalue weighted by Gasteiger charge is 2.32. The quantitative estimate of drug-likeness (QED) is 0.409. The molecule has 1 fully saturated rings. The molecule has 0 radical (unpaired) electrons. The van der Waals surface area contributed by atoms with E-state index in [1.54, 1.807) is 35.0 Å². The minimum atomic E-state index is -4.68. The first kappa shape index (κ1) is 26.1. The van der Waals surface area contributed by atoms with E-state index >= 15 is 0 Å². The Labute approximate surface area is 211 Å². The third-order valence-electron chi connectivity index (χ3n) is 5.92. The molecule has 1 atom stereocenters. The Morgan fingerprint density at radius 1 is 1.11 bits per heavy atom. The van der Waals surface area contributed by atoms with Gasteiger partial charge in [0.2, 0.25) is 11.2 Å². The summed E-state index contributed by atoms with van der Waals surface area (Å²) in [6, 6.07) is 10.8. The van der Waals surface area contributed by atoms with Gasteiger partial charge in [-0.15, -0.1) is 0 Å². The first-order chi connectivity index (χ1) is 17.6. The van der Waals surface area contributed by atoms with Crippen molar-refractivity contribution in [2.24, 2.45) is 5.92 Å². The van der Waals surface area contributed by atoms with Crippen LogP contribution in [0.4, 0.5) is 35.2 Å². The molecule has 2 heterocycles. The molecule has 1 aliphatic rings. The number of hydrogen-bond acceptors (Lipinski definition) is 5. The Bertz CT molecular complexity index is 1230. The molecule has 1 unspecified atom stereocenters. The second-order valence-electron chi connectivity index (χ2n) is 9.15. The molecule has 1 saturated heterocycles. The van der Waals surface area contributed by atoms with E-state index in [9.17, 15) is 22.8 Å². The van der Waals surface area contributed by atoms with E-state index in [1.165, 1.54) is 12.3 Å². The van der Waals surface area contributed by atoms with Crippen molar-refractivity contribution in [1.82, 2.24) is 10.2 Å². The number of alkyl halides is 3. The van der Waals surface area contributed by atoms with Gasteiger partial charge >= 0.3 is 18.1 Å². The standard InChI is InChI=1S/C25H27F3N6O3/c1-33-9-5-8-18(14-33)15-34-16-23(37-32-34)31-24(36)30-21-12-19(25(26,27)28)11-20(13-21)29-22(35)10-17-6-3-2-4-7-17/h2-4,6-7,11-13,16,18H,5,8-10,14-15H2,1H3,(H2-,29,30,31,32,35,36)/p+1. The van der Waals surface area contributed by atoms with E-state index in [2.05, 4.69) is 33.2 Å². The Morgan fingerprint density at radius 2 is 1.84 bits per heavy atom. The molecular weight excluding hydrogens is 489 g/mol. The van der Waals surface area contributed by atoms with Crippen molar-refractivity contribution in [3.05, 3.63) is 65.9 Å². The molecule has 3 aromatic rings. The van der Waals surface area contributed by atoms with Crippen molar-refractivity contribution in [1.29, 1.82) is 0 Å². The molecule has 0 spiro atoms. The van der Waals surface area contributed by atoms with Gasteiger partial charge in [-0.1, -0.05) is 35.0 Å². The van der Waals surface area contributed by atoms with Crippen molar-refractivity contribution in [2.45, 2.75) is 32.0 Å². The molecule has 3 N–H and O–H groups in total. The van der Waals surface area contributed by atoms with Crippen molar-refractivity contribution in [2.75, 3.05) is 36.1 Å². The van der Waals surface area contributed by atoms with E-state index in [-0.39, 0.29) is 23.7 Å². The van der Waals surface area contributed by atoms with Gasteiger partial charge in [0.1, 0.15) is 0 Å². The van der Waals surface area contributed by atoms with E-state index < -0.39 is 23.7 Å². The monoisotopic (exact) mass is 517 g/mol. The van der Waals surface area contributed by atoms with E-state index in [0.29, 0.717) is 18.0 Å². The fourth-order valence-electron chi connectivity index (χ4n) is 4.30. The zero-order valence-corrected chi connectivity index (χ0v) is 20.2. The fraction of sp³-hybridized carbons (Fsp3) is 0.360. The largest absolute Gasteiger partial charge is 0.416 e. The smallest absolute Gasteiger partial charge is 0.326 e. The summed E-state index contributed by atoms with van der Waals surface area (Å²) in [5.74, 6) is -0.0440. The van der Waals surface area contributed by atoms with Gasteiger partial charge < -0.3 is 15.5 Å². The van der Waals surface area contributed by atoms with E-state index in [1.807, 2.05) is 0 Å². The number of aromatic nitrogens is 2. The van der Waals surface area contributed by atoms with Gasteiger partial charge in [0, 0.05) is 23.8 Å². The number of hydrogen-bond donors (Lipinski definition) is 3. The van der Waals surface area contributed by atoms with Crippen molar-refractivity contribution >= 4 is 29.2 Å². The maximum absolute atomic E-state index is 13.5. The number of carbonyl (C=O) groups excluding carboxylic acids is 2. The number of carbonyl (C=O) groups is 2. The van der Waals surface area contributed by atoms with E-state index in [0.717, 1.165) is 38.1 Å². The number of rotatable bonds is 7. The molecule has 2 aromatic carbocycles. The number of nitrogens with one attached hydrogen (secondary N) is 3. The van der Waals surface area contributed by atoms with E-state index in [4.69, 9.17) is 4.52 Å². The lowest BCUT2D eigenvalue weighted by atomic mass is 9.99. The fourth-order valence-corrected chi connectivity index (χ4v) is 4.30. The highest BCUT2D eigenvalue weighted by molar-refractivity contribution is 6.00. The number of nitrogens with zero attached hydrogens (tertiary/aromatic N) is 3. The Hall–Kier alpha value is -3.93. The second-order valence-corrected chi connectivity index (χ2v) is 9.15. The van der Waals surface area contributed by atoms with Crippen LogP contribution < -0.4 is 20.6 Å². The van der Waals surface area contributed by atoms with Crippen LogP contribution in [0.3, 0.4) is 0 Å². The lowest BCUT2D eigenvalue weighted by molar-refractivity contribution is -0.767. The summed E-state index contributed by atoms with van der Waals surface area (Å²) in [6.07, 6.45) is -1.01. The summed E-state index contributed by atoms with van der Waals surface area (Å²) in [4.78, 5) is 27.1. The molecule has 37 heavy (non-hydrogen) atoms. The lowest BCUT2D eigenvalue weighted by Crippen LogP contribution is -2.44. The summed E-state index contributed by atoms with van der Waals surface area (Å²) in [6.45, 7) is 2.61. The molecule has 4 rings (SSSR count). The third-order valence-corrected chi connectivity index (χ3v) is 5.92. The van der Waals surface area contributed by atoms with Crippen LogP contribution in [-0.4, -0.2) is 42.2 Å². The molecule has 1 aromatic heterocycles. The van der Waals surface area contributed by atoms with Crippen molar-refractivity contribution in [3.8, 4) is 0 Å². The van der Waals surface area contributed by atoms with Gasteiger partial charge in [-0.25, -0.2) is 4.79 Å². The van der Waals surface area contributed by atoms with Gasteiger partial charge in [-0.2, -0.15) is 13.2 Å². The highest BCUT2D eigenvalue weighted by atomic mass is 19.4. The van der Waals surface area contributed by atoms with Crippen LogP contribution in [0.25, 0.3) is 0 Å². The topological polar surface area (TPSA) is 103 Å². The first-order valence-corrected chi connectivity index (χ1v) is 11.8. The van der Waals surface area contributed by atoms with Crippen LogP contribution in [0.1, 0.15) is 24.0 Å². The average Bonchev–Trinajstić information content (AvgIpc) is 3.25. The van der Waals surface area contributed by atoms with Gasteiger partial charge in [0.15, 0.2) is 6.54 Å². The second kappa shape index (κ2) is 11.4. The minimum absolute atomic E-state index is 0.0109. The van der Waals surface area contributed by atoms with Gasteiger partial charge in [-0.05, 0) is 50.2 Å². The summed E-state index contributed by atoms with van der Waals surface area (Å²) in [7, 11) is 2.06. The molecule has 1 aliphatic heterocycles. The molecular formula is C25H28F3N6O3+. The molecule has 3 amide bonds. The predicted octanol–water partition coefficient (Wildman–Crippen LogP) is 4.15. The predicted molar refractivity (Wildman–Crippen MR) is 130 cm³/mol. The summed E-state index contributed by atoms with van der Waals surface area (Å²) < 4.78 is 47.1. The first-order valence-electron chi connectivity index (χ1n) is 11.8. The van der Waals surface area contributed by atoms with Crippen LogP contribution >= 0.6 is 0 Å².